The van der Waals surface area contributed by atoms with E-state index in [0.717, 1.165) is 5.56 Å². The van der Waals surface area contributed by atoms with Crippen LogP contribution in [0, 0.1) is 0 Å². The van der Waals surface area contributed by atoms with Gasteiger partial charge in [0, 0.05) is 6.54 Å². The fourth-order valence-corrected chi connectivity index (χ4v) is 5.30. The number of thiocarbonyl (C=S) groups is 1. The lowest BCUT2D eigenvalue weighted by molar-refractivity contribution is 0.341. The van der Waals surface area contributed by atoms with Crippen molar-refractivity contribution in [1.82, 2.24) is 10.2 Å². The van der Waals surface area contributed by atoms with Crippen molar-refractivity contribution in [2.75, 3.05) is 25.7 Å². The van der Waals surface area contributed by atoms with Crippen molar-refractivity contribution in [3.63, 3.8) is 0 Å². The van der Waals surface area contributed by atoms with E-state index in [4.69, 9.17) is 21.7 Å². The molecule has 3 rings (SSSR count). The van der Waals surface area contributed by atoms with Gasteiger partial charge in [-0.15, -0.1) is 0 Å². The molecule has 22 heavy (non-hydrogen) atoms. The number of hydrogen-bond acceptors (Lipinski definition) is 5. The summed E-state index contributed by atoms with van der Waals surface area (Å²) in [6.07, 6.45) is 0. The lowest BCUT2D eigenvalue weighted by atomic mass is 10.1. The number of fused-ring (bicyclic) bond motifs is 1. The standard InChI is InChI=1S/C14H18N2O4S2/c1-19-12-4-3-9(5-13(12)20-2)6-16-11-8-22(17,18)7-10(11)15-14(16)21/h3-5,10-11H,6-8H2,1-2H3,(H,15,21)/t10-,11-/m1/s1. The Morgan fingerprint density at radius 3 is 2.68 bits per heavy atom. The maximum atomic E-state index is 11.8. The predicted octanol–water partition coefficient (Wildman–Crippen LogP) is 0.559. The topological polar surface area (TPSA) is 67.9 Å². The number of rotatable bonds is 4. The third-order valence-corrected chi connectivity index (χ3v) is 6.16. The van der Waals surface area contributed by atoms with Crippen molar-refractivity contribution in [3.8, 4) is 11.5 Å². The molecule has 0 radical (unpaired) electrons. The summed E-state index contributed by atoms with van der Waals surface area (Å²) in [5.41, 5.74) is 0.992. The largest absolute Gasteiger partial charge is 0.493 e. The molecule has 0 bridgehead atoms. The van der Waals surface area contributed by atoms with E-state index >= 15 is 0 Å². The molecule has 0 unspecified atom stereocenters. The van der Waals surface area contributed by atoms with Crippen LogP contribution in [0.2, 0.25) is 0 Å². The minimum Gasteiger partial charge on any atom is -0.493 e. The smallest absolute Gasteiger partial charge is 0.169 e. The number of methoxy groups -OCH3 is 2. The number of hydrogen-bond donors (Lipinski definition) is 1. The van der Waals surface area contributed by atoms with Gasteiger partial charge in [-0.25, -0.2) is 8.42 Å². The Morgan fingerprint density at radius 2 is 2.00 bits per heavy atom. The van der Waals surface area contributed by atoms with Crippen molar-refractivity contribution in [2.45, 2.75) is 18.6 Å². The van der Waals surface area contributed by atoms with Crippen LogP contribution in [0.5, 0.6) is 11.5 Å². The second kappa shape index (κ2) is 5.58. The zero-order chi connectivity index (χ0) is 15.9. The molecule has 2 saturated heterocycles. The number of benzene rings is 1. The monoisotopic (exact) mass is 342 g/mol. The van der Waals surface area contributed by atoms with Crippen LogP contribution in [0.15, 0.2) is 18.2 Å². The summed E-state index contributed by atoms with van der Waals surface area (Å²) in [5, 5.41) is 3.73. The van der Waals surface area contributed by atoms with E-state index in [1.54, 1.807) is 14.2 Å². The van der Waals surface area contributed by atoms with Crippen molar-refractivity contribution < 1.29 is 17.9 Å². The summed E-state index contributed by atoms with van der Waals surface area (Å²) in [4.78, 5) is 1.95. The van der Waals surface area contributed by atoms with Crippen molar-refractivity contribution in [2.24, 2.45) is 0 Å². The molecule has 0 spiro atoms. The number of nitrogens with zero attached hydrogens (tertiary/aromatic N) is 1. The summed E-state index contributed by atoms with van der Waals surface area (Å²) >= 11 is 5.34. The van der Waals surface area contributed by atoms with Crippen LogP contribution in [-0.2, 0) is 16.4 Å². The first-order valence-electron chi connectivity index (χ1n) is 6.92. The van der Waals surface area contributed by atoms with Gasteiger partial charge in [-0.2, -0.15) is 0 Å². The Labute approximate surface area is 135 Å². The van der Waals surface area contributed by atoms with Crippen LogP contribution in [-0.4, -0.2) is 56.2 Å². The molecule has 0 aliphatic carbocycles. The fraction of sp³-hybridized carbons (Fsp3) is 0.500. The van der Waals surface area contributed by atoms with Crippen LogP contribution in [0.3, 0.4) is 0 Å². The van der Waals surface area contributed by atoms with Gasteiger partial charge in [0.15, 0.2) is 26.4 Å². The van der Waals surface area contributed by atoms with Gasteiger partial charge in [0.1, 0.15) is 0 Å². The predicted molar refractivity (Wildman–Crippen MR) is 87.1 cm³/mol. The fourth-order valence-electron chi connectivity index (χ4n) is 3.03. The van der Waals surface area contributed by atoms with Gasteiger partial charge < -0.3 is 19.7 Å². The average Bonchev–Trinajstić information content (AvgIpc) is 2.91. The lowest BCUT2D eigenvalue weighted by Gasteiger charge is -2.23. The van der Waals surface area contributed by atoms with Crippen LogP contribution in [0.4, 0.5) is 0 Å². The molecular weight excluding hydrogens is 324 g/mol. The molecule has 2 atom stereocenters. The highest BCUT2D eigenvalue weighted by molar-refractivity contribution is 7.91. The van der Waals surface area contributed by atoms with E-state index in [9.17, 15) is 8.42 Å². The first-order valence-corrected chi connectivity index (χ1v) is 9.15. The zero-order valence-electron chi connectivity index (χ0n) is 12.4. The quantitative estimate of drug-likeness (QED) is 0.802. The molecule has 2 heterocycles. The summed E-state index contributed by atoms with van der Waals surface area (Å²) in [5.74, 6) is 1.61. The highest BCUT2D eigenvalue weighted by Crippen LogP contribution is 2.30. The normalized spacial score (nSPS) is 25.7. The molecule has 1 aromatic carbocycles. The zero-order valence-corrected chi connectivity index (χ0v) is 14.0. The summed E-state index contributed by atoms with van der Waals surface area (Å²) in [7, 11) is 0.189. The van der Waals surface area contributed by atoms with E-state index in [-0.39, 0.29) is 23.6 Å². The molecule has 2 fully saturated rings. The molecule has 0 saturated carbocycles. The second-order valence-corrected chi connectivity index (χ2v) is 8.06. The van der Waals surface area contributed by atoms with E-state index < -0.39 is 9.84 Å². The third kappa shape index (κ3) is 2.72. The van der Waals surface area contributed by atoms with Gasteiger partial charge >= 0.3 is 0 Å². The minimum absolute atomic E-state index is 0.0920. The maximum Gasteiger partial charge on any atom is 0.169 e. The van der Waals surface area contributed by atoms with Gasteiger partial charge in [-0.1, -0.05) is 6.07 Å². The van der Waals surface area contributed by atoms with E-state index in [0.29, 0.717) is 23.2 Å². The van der Waals surface area contributed by atoms with Crippen LogP contribution < -0.4 is 14.8 Å². The van der Waals surface area contributed by atoms with Gasteiger partial charge in [-0.3, -0.25) is 0 Å². The first-order chi connectivity index (χ1) is 10.4. The Bertz CT molecular complexity index is 705. The van der Waals surface area contributed by atoms with Gasteiger partial charge in [-0.05, 0) is 29.9 Å². The highest BCUT2D eigenvalue weighted by Gasteiger charge is 2.46. The minimum atomic E-state index is -2.99. The SMILES string of the molecule is COc1ccc(CN2C(=S)N[C@@H]3CS(=O)(=O)C[C@H]32)cc1OC. The van der Waals surface area contributed by atoms with E-state index in [1.807, 2.05) is 23.1 Å². The molecule has 6 nitrogen and oxygen atoms in total. The maximum absolute atomic E-state index is 11.8. The number of sulfone groups is 1. The van der Waals surface area contributed by atoms with E-state index in [1.165, 1.54) is 0 Å². The summed E-state index contributed by atoms with van der Waals surface area (Å²) in [6.45, 7) is 0.545. The molecule has 1 aromatic rings. The first kappa shape index (κ1) is 15.4. The van der Waals surface area contributed by atoms with Crippen LogP contribution in [0.25, 0.3) is 0 Å². The molecule has 2 aliphatic heterocycles. The Morgan fingerprint density at radius 1 is 1.27 bits per heavy atom. The summed E-state index contributed by atoms with van der Waals surface area (Å²) < 4.78 is 34.1. The Kier molecular flexibility index (Phi) is 3.90. The molecule has 120 valence electrons. The van der Waals surface area contributed by atoms with Crippen molar-refractivity contribution >= 4 is 27.2 Å². The molecule has 0 amide bonds. The molecule has 8 heteroatoms. The highest BCUT2D eigenvalue weighted by atomic mass is 32.2. The lowest BCUT2D eigenvalue weighted by Crippen LogP contribution is -2.36. The Balaban J connectivity index is 1.82. The van der Waals surface area contributed by atoms with Crippen LogP contribution in [0.1, 0.15) is 5.56 Å². The van der Waals surface area contributed by atoms with Crippen molar-refractivity contribution in [3.05, 3.63) is 23.8 Å². The average molecular weight is 342 g/mol. The van der Waals surface area contributed by atoms with Gasteiger partial charge in [0.25, 0.3) is 0 Å². The van der Waals surface area contributed by atoms with Crippen LogP contribution >= 0.6 is 12.2 Å². The third-order valence-electron chi connectivity index (χ3n) is 4.09. The molecular formula is C14H18N2O4S2. The van der Waals surface area contributed by atoms with Crippen molar-refractivity contribution in [1.29, 1.82) is 0 Å². The number of nitrogens with one attached hydrogen (secondary N) is 1. The summed E-state index contributed by atoms with van der Waals surface area (Å²) in [6, 6.07) is 5.46. The second-order valence-electron chi connectivity index (χ2n) is 5.52. The molecule has 0 aromatic heterocycles. The van der Waals surface area contributed by atoms with Gasteiger partial charge in [0.2, 0.25) is 0 Å². The van der Waals surface area contributed by atoms with Gasteiger partial charge in [0.05, 0.1) is 37.8 Å². The molecule has 1 N–H and O–H groups in total. The molecule has 2 aliphatic rings. The Hall–Kier alpha value is -1.54. The van der Waals surface area contributed by atoms with E-state index in [2.05, 4.69) is 5.32 Å². The number of ether oxygens (including phenoxy) is 2.